The first-order valence-corrected chi connectivity index (χ1v) is 12.9. The van der Waals surface area contributed by atoms with E-state index in [1.807, 2.05) is 57.2 Å². The number of nitrogens with one attached hydrogen (secondary N) is 1. The minimum absolute atomic E-state index is 0.00846. The third-order valence-corrected chi connectivity index (χ3v) is 7.20. The summed E-state index contributed by atoms with van der Waals surface area (Å²) in [5.74, 6) is 1.52. The molecule has 1 unspecified atom stereocenters. The van der Waals surface area contributed by atoms with Crippen LogP contribution in [0.5, 0.6) is 11.5 Å². The van der Waals surface area contributed by atoms with Gasteiger partial charge in [-0.3, -0.25) is 9.59 Å². The average Bonchev–Trinajstić information content (AvgIpc) is 2.84. The first-order valence-electron chi connectivity index (χ1n) is 12.5. The quantitative estimate of drug-likeness (QED) is 0.551. The molecule has 1 N–H and O–H groups in total. The molecule has 1 saturated carbocycles. The first-order chi connectivity index (χ1) is 16.8. The summed E-state index contributed by atoms with van der Waals surface area (Å²) in [6.45, 7) is 5.84. The Kier molecular flexibility index (Phi) is 7.90. The predicted octanol–water partition coefficient (Wildman–Crippen LogP) is 5.45. The smallest absolute Gasteiger partial charge is 0.228 e. The number of hydrogen-bond acceptors (Lipinski definition) is 4. The van der Waals surface area contributed by atoms with Gasteiger partial charge in [0.25, 0.3) is 0 Å². The number of nitrogens with zero attached hydrogens (tertiary/aromatic N) is 1. The molecule has 0 aromatic heterocycles. The van der Waals surface area contributed by atoms with Crippen molar-refractivity contribution in [2.24, 2.45) is 0 Å². The van der Waals surface area contributed by atoms with Gasteiger partial charge in [0.05, 0.1) is 25.7 Å². The highest BCUT2D eigenvalue weighted by molar-refractivity contribution is 6.30. The van der Waals surface area contributed by atoms with Crippen LogP contribution < -0.4 is 14.8 Å². The maximum Gasteiger partial charge on any atom is 0.228 e. The van der Waals surface area contributed by atoms with Gasteiger partial charge in [0.1, 0.15) is 0 Å². The lowest BCUT2D eigenvalue weighted by atomic mass is 9.82. The van der Waals surface area contributed by atoms with Gasteiger partial charge in [-0.1, -0.05) is 30.7 Å². The number of halogens is 1. The molecule has 0 radical (unpaired) electrons. The fourth-order valence-electron chi connectivity index (χ4n) is 5.31. The lowest BCUT2D eigenvalue weighted by Gasteiger charge is -2.45. The summed E-state index contributed by atoms with van der Waals surface area (Å²) in [7, 11) is 1.62. The largest absolute Gasteiger partial charge is 0.493 e. The van der Waals surface area contributed by atoms with Crippen molar-refractivity contribution in [3.63, 3.8) is 0 Å². The molecule has 2 amide bonds. The average molecular weight is 499 g/mol. The number of ether oxygens (including phenoxy) is 2. The van der Waals surface area contributed by atoms with Crippen molar-refractivity contribution in [2.75, 3.05) is 7.11 Å². The lowest BCUT2D eigenvalue weighted by molar-refractivity contribution is -0.137. The summed E-state index contributed by atoms with van der Waals surface area (Å²) in [4.78, 5) is 27.6. The van der Waals surface area contributed by atoms with E-state index < -0.39 is 0 Å². The van der Waals surface area contributed by atoms with E-state index in [1.54, 1.807) is 7.11 Å². The molecule has 2 aromatic rings. The second-order valence-electron chi connectivity index (χ2n) is 9.73. The molecule has 1 heterocycles. The van der Waals surface area contributed by atoms with E-state index in [9.17, 15) is 9.59 Å². The number of carbonyl (C=O) groups excluding carboxylic acids is 2. The van der Waals surface area contributed by atoms with Crippen molar-refractivity contribution >= 4 is 23.4 Å². The zero-order valence-corrected chi connectivity index (χ0v) is 21.7. The van der Waals surface area contributed by atoms with Crippen molar-refractivity contribution in [2.45, 2.75) is 83.5 Å². The Morgan fingerprint density at radius 2 is 1.80 bits per heavy atom. The highest BCUT2D eigenvalue weighted by Crippen LogP contribution is 2.44. The predicted molar refractivity (Wildman–Crippen MR) is 137 cm³/mol. The van der Waals surface area contributed by atoms with Gasteiger partial charge >= 0.3 is 0 Å². The molecule has 1 fully saturated rings. The summed E-state index contributed by atoms with van der Waals surface area (Å²) < 4.78 is 11.7. The van der Waals surface area contributed by atoms with E-state index >= 15 is 0 Å². The molecule has 35 heavy (non-hydrogen) atoms. The van der Waals surface area contributed by atoms with Crippen LogP contribution in [-0.4, -0.2) is 42.0 Å². The topological polar surface area (TPSA) is 67.9 Å². The molecule has 188 valence electrons. The molecule has 0 bridgehead atoms. The molecule has 2 aromatic carbocycles. The third kappa shape index (κ3) is 5.58. The molecule has 4 rings (SSSR count). The van der Waals surface area contributed by atoms with Crippen LogP contribution in [0.1, 0.15) is 75.6 Å². The molecule has 1 aliphatic heterocycles. The number of methoxy groups -OCH3 is 1. The van der Waals surface area contributed by atoms with E-state index in [2.05, 4.69) is 10.2 Å². The number of carbonyl (C=O) groups is 2. The normalized spacial score (nSPS) is 22.1. The van der Waals surface area contributed by atoms with Crippen LogP contribution in [0.25, 0.3) is 0 Å². The number of rotatable bonds is 7. The lowest BCUT2D eigenvalue weighted by Crippen LogP contribution is -2.50. The SMILES string of the molecule is CCC(=O)NC1CCC(N2C(=O)Cc3cc(OC)c(OC(C)C)cc3C2c2ccc(Cl)cc2)CC1. The molecule has 7 heteroatoms. The Morgan fingerprint density at radius 1 is 1.11 bits per heavy atom. The Bertz CT molecular complexity index is 1060. The van der Waals surface area contributed by atoms with Crippen molar-refractivity contribution < 1.29 is 19.1 Å². The highest BCUT2D eigenvalue weighted by Gasteiger charge is 2.40. The summed E-state index contributed by atoms with van der Waals surface area (Å²) in [5.41, 5.74) is 3.04. The van der Waals surface area contributed by atoms with Crippen LogP contribution >= 0.6 is 11.6 Å². The van der Waals surface area contributed by atoms with E-state index in [0.717, 1.165) is 42.4 Å². The van der Waals surface area contributed by atoms with Crippen LogP contribution in [0.2, 0.25) is 5.02 Å². The minimum atomic E-state index is -0.240. The Labute approximate surface area is 212 Å². The van der Waals surface area contributed by atoms with Gasteiger partial charge in [-0.2, -0.15) is 0 Å². The number of fused-ring (bicyclic) bond motifs is 1. The minimum Gasteiger partial charge on any atom is -0.493 e. The fourth-order valence-corrected chi connectivity index (χ4v) is 5.43. The van der Waals surface area contributed by atoms with Crippen molar-refractivity contribution in [3.05, 3.63) is 58.1 Å². The second kappa shape index (κ2) is 10.9. The summed E-state index contributed by atoms with van der Waals surface area (Å²) in [5, 5.41) is 3.78. The monoisotopic (exact) mass is 498 g/mol. The molecule has 1 aliphatic carbocycles. The Morgan fingerprint density at radius 3 is 2.40 bits per heavy atom. The van der Waals surface area contributed by atoms with E-state index in [0.29, 0.717) is 29.4 Å². The maximum absolute atomic E-state index is 13.6. The van der Waals surface area contributed by atoms with Crippen molar-refractivity contribution in [3.8, 4) is 11.5 Å². The fraction of sp³-hybridized carbons (Fsp3) is 0.500. The molecule has 0 saturated heterocycles. The highest BCUT2D eigenvalue weighted by atomic mass is 35.5. The molecular formula is C28H35ClN2O4. The van der Waals surface area contributed by atoms with Crippen LogP contribution in [0.15, 0.2) is 36.4 Å². The van der Waals surface area contributed by atoms with E-state index in [4.69, 9.17) is 21.1 Å². The van der Waals surface area contributed by atoms with E-state index in [1.165, 1.54) is 0 Å². The maximum atomic E-state index is 13.6. The van der Waals surface area contributed by atoms with E-state index in [-0.39, 0.29) is 36.0 Å². The van der Waals surface area contributed by atoms with Gasteiger partial charge in [0.15, 0.2) is 11.5 Å². The first kappa shape index (κ1) is 25.4. The van der Waals surface area contributed by atoms with Crippen LogP contribution in [0.3, 0.4) is 0 Å². The van der Waals surface area contributed by atoms with Gasteiger partial charge in [-0.15, -0.1) is 0 Å². The second-order valence-corrected chi connectivity index (χ2v) is 10.2. The van der Waals surface area contributed by atoms with Gasteiger partial charge in [-0.05, 0) is 80.5 Å². The Hall–Kier alpha value is -2.73. The molecule has 0 spiro atoms. The van der Waals surface area contributed by atoms with Crippen molar-refractivity contribution in [1.29, 1.82) is 0 Å². The zero-order chi connectivity index (χ0) is 25.1. The van der Waals surface area contributed by atoms with Gasteiger partial charge < -0.3 is 19.7 Å². The van der Waals surface area contributed by atoms with Gasteiger partial charge in [0, 0.05) is 23.5 Å². The third-order valence-electron chi connectivity index (χ3n) is 6.95. The summed E-state index contributed by atoms with van der Waals surface area (Å²) >= 11 is 6.20. The molecule has 2 aliphatic rings. The number of hydrogen-bond donors (Lipinski definition) is 1. The van der Waals surface area contributed by atoms with Crippen LogP contribution in [0, 0.1) is 0 Å². The van der Waals surface area contributed by atoms with Gasteiger partial charge in [0.2, 0.25) is 11.8 Å². The summed E-state index contributed by atoms with van der Waals surface area (Å²) in [6, 6.07) is 11.8. The van der Waals surface area contributed by atoms with Crippen molar-refractivity contribution in [1.82, 2.24) is 10.2 Å². The van der Waals surface area contributed by atoms with Crippen LogP contribution in [0.4, 0.5) is 0 Å². The Balaban J connectivity index is 1.72. The summed E-state index contributed by atoms with van der Waals surface area (Å²) in [6.07, 6.45) is 4.24. The number of benzene rings is 2. The molecule has 1 atom stereocenters. The van der Waals surface area contributed by atoms with Gasteiger partial charge in [-0.25, -0.2) is 0 Å². The molecule has 6 nitrogen and oxygen atoms in total. The standard InChI is InChI=1S/C28H35ClN2O4/c1-5-26(32)30-21-10-12-22(13-11-21)31-27(33)15-19-14-24(34-4)25(35-17(2)3)16-23(19)28(31)18-6-8-20(29)9-7-18/h6-9,14,16-17,21-22,28H,5,10-13,15H2,1-4H3,(H,30,32). The van der Waals surface area contributed by atoms with Crippen LogP contribution in [-0.2, 0) is 16.0 Å². The molecular weight excluding hydrogens is 464 g/mol. The number of amides is 2. The zero-order valence-electron chi connectivity index (χ0n) is 21.0.